The van der Waals surface area contributed by atoms with Crippen molar-refractivity contribution in [3.05, 3.63) is 53.6 Å². The fraction of sp³-hybridized carbons (Fsp3) is 0.200. The molecule has 0 aromatic heterocycles. The number of ether oxygens (including phenoxy) is 1. The predicted molar refractivity (Wildman–Crippen MR) is 102 cm³/mol. The summed E-state index contributed by atoms with van der Waals surface area (Å²) >= 11 is 0. The van der Waals surface area contributed by atoms with Crippen LogP contribution in [0.3, 0.4) is 0 Å². The Balaban J connectivity index is 1.78. The van der Waals surface area contributed by atoms with E-state index in [4.69, 9.17) is 9.84 Å². The molecule has 1 aliphatic heterocycles. The third-order valence-corrected chi connectivity index (χ3v) is 4.63. The molecule has 9 nitrogen and oxygen atoms in total. The molecule has 1 heterocycles. The maximum absolute atomic E-state index is 12.6. The van der Waals surface area contributed by atoms with Gasteiger partial charge in [-0.25, -0.2) is 9.59 Å². The highest BCUT2D eigenvalue weighted by molar-refractivity contribution is 6.06. The summed E-state index contributed by atoms with van der Waals surface area (Å²) in [5.74, 6) is -3.43. The number of nitrogens with zero attached hydrogens (tertiary/aromatic N) is 1. The first kappa shape index (κ1) is 19.9. The number of carbonyl (C=O) groups excluding carboxylic acids is 2. The highest BCUT2D eigenvalue weighted by Gasteiger charge is 2.35. The van der Waals surface area contributed by atoms with Crippen LogP contribution in [0.1, 0.15) is 27.1 Å². The summed E-state index contributed by atoms with van der Waals surface area (Å²) in [6, 6.07) is 10.2. The van der Waals surface area contributed by atoms with E-state index >= 15 is 0 Å². The molecule has 150 valence electrons. The molecule has 1 atom stereocenters. The molecule has 2 amide bonds. The Morgan fingerprint density at radius 1 is 1.07 bits per heavy atom. The number of hydrogen-bond acceptors (Lipinski definition) is 5. The Morgan fingerprint density at radius 3 is 2.34 bits per heavy atom. The number of carboxylic acids is 2. The van der Waals surface area contributed by atoms with Gasteiger partial charge in [0.25, 0.3) is 0 Å². The Morgan fingerprint density at radius 2 is 1.76 bits per heavy atom. The molecule has 3 N–H and O–H groups in total. The van der Waals surface area contributed by atoms with E-state index in [1.807, 2.05) is 0 Å². The summed E-state index contributed by atoms with van der Waals surface area (Å²) in [5, 5.41) is 20.8. The van der Waals surface area contributed by atoms with Crippen molar-refractivity contribution in [1.82, 2.24) is 0 Å². The van der Waals surface area contributed by atoms with Crippen LogP contribution >= 0.6 is 0 Å². The van der Waals surface area contributed by atoms with Crippen molar-refractivity contribution in [3.8, 4) is 5.75 Å². The predicted octanol–water partition coefficient (Wildman–Crippen LogP) is 2.08. The van der Waals surface area contributed by atoms with E-state index in [9.17, 15) is 24.3 Å². The third kappa shape index (κ3) is 4.18. The molecule has 0 aliphatic carbocycles. The molecule has 0 radical (unpaired) electrons. The fourth-order valence-corrected chi connectivity index (χ4v) is 3.10. The van der Waals surface area contributed by atoms with Crippen LogP contribution < -0.4 is 15.0 Å². The van der Waals surface area contributed by atoms with E-state index in [0.29, 0.717) is 11.4 Å². The summed E-state index contributed by atoms with van der Waals surface area (Å²) in [4.78, 5) is 49.0. The van der Waals surface area contributed by atoms with E-state index in [1.165, 1.54) is 12.0 Å². The summed E-state index contributed by atoms with van der Waals surface area (Å²) in [5.41, 5.74) is 0.0929. The van der Waals surface area contributed by atoms with E-state index < -0.39 is 23.8 Å². The summed E-state index contributed by atoms with van der Waals surface area (Å²) in [6.45, 7) is 0.123. The van der Waals surface area contributed by atoms with Crippen LogP contribution in [0.15, 0.2) is 42.5 Å². The average Bonchev–Trinajstić information content (AvgIpc) is 3.09. The minimum Gasteiger partial charge on any atom is -0.497 e. The summed E-state index contributed by atoms with van der Waals surface area (Å²) in [7, 11) is 1.53. The SMILES string of the molecule is COc1ccc(N2CC(C(=O)Nc3cc(C(=O)O)ccc3C(=O)O)CC2=O)cc1. The molecule has 1 fully saturated rings. The maximum Gasteiger partial charge on any atom is 0.337 e. The smallest absolute Gasteiger partial charge is 0.337 e. The number of anilines is 2. The number of methoxy groups -OCH3 is 1. The van der Waals surface area contributed by atoms with E-state index in [-0.39, 0.29) is 35.7 Å². The number of amides is 2. The number of nitrogens with one attached hydrogen (secondary N) is 1. The molecule has 1 saturated heterocycles. The van der Waals surface area contributed by atoms with Crippen molar-refractivity contribution in [3.63, 3.8) is 0 Å². The molecule has 1 aliphatic rings. The van der Waals surface area contributed by atoms with Gasteiger partial charge in [-0.05, 0) is 42.5 Å². The largest absolute Gasteiger partial charge is 0.497 e. The zero-order chi connectivity index (χ0) is 21.1. The van der Waals surface area contributed by atoms with Crippen LogP contribution in [0.5, 0.6) is 5.75 Å². The van der Waals surface area contributed by atoms with Crippen molar-refractivity contribution >= 4 is 35.1 Å². The molecule has 3 rings (SSSR count). The number of benzene rings is 2. The van der Waals surface area contributed by atoms with E-state index in [1.54, 1.807) is 24.3 Å². The van der Waals surface area contributed by atoms with Gasteiger partial charge in [-0.2, -0.15) is 0 Å². The number of rotatable bonds is 6. The first-order valence-electron chi connectivity index (χ1n) is 8.66. The van der Waals surface area contributed by atoms with Gasteiger partial charge in [0.05, 0.1) is 29.8 Å². The molecule has 9 heteroatoms. The minimum atomic E-state index is -1.31. The summed E-state index contributed by atoms with van der Waals surface area (Å²) < 4.78 is 5.08. The Labute approximate surface area is 165 Å². The van der Waals surface area contributed by atoms with Gasteiger partial charge in [0.1, 0.15) is 5.75 Å². The first-order valence-corrected chi connectivity index (χ1v) is 8.66. The average molecular weight is 398 g/mol. The third-order valence-electron chi connectivity index (χ3n) is 4.63. The second kappa shape index (κ2) is 8.01. The van der Waals surface area contributed by atoms with Gasteiger partial charge in [0, 0.05) is 18.7 Å². The molecule has 29 heavy (non-hydrogen) atoms. The zero-order valence-corrected chi connectivity index (χ0v) is 15.4. The Bertz CT molecular complexity index is 985. The van der Waals surface area contributed by atoms with Crippen molar-refractivity contribution in [1.29, 1.82) is 0 Å². The van der Waals surface area contributed by atoms with Crippen molar-refractivity contribution < 1.29 is 34.1 Å². The second-order valence-corrected chi connectivity index (χ2v) is 6.46. The van der Waals surface area contributed by atoms with Gasteiger partial charge in [-0.15, -0.1) is 0 Å². The molecule has 0 spiro atoms. The zero-order valence-electron chi connectivity index (χ0n) is 15.4. The van der Waals surface area contributed by atoms with Crippen molar-refractivity contribution in [2.45, 2.75) is 6.42 Å². The molecular weight excluding hydrogens is 380 g/mol. The molecule has 1 unspecified atom stereocenters. The number of carboxylic acid groups (broad SMARTS) is 2. The van der Waals surface area contributed by atoms with Crippen molar-refractivity contribution in [2.24, 2.45) is 5.92 Å². The lowest BCUT2D eigenvalue weighted by molar-refractivity contribution is -0.122. The van der Waals surface area contributed by atoms with E-state index in [2.05, 4.69) is 5.32 Å². The quantitative estimate of drug-likeness (QED) is 0.678. The monoisotopic (exact) mass is 398 g/mol. The van der Waals surface area contributed by atoms with Crippen LogP contribution in [0.25, 0.3) is 0 Å². The van der Waals surface area contributed by atoms with Gasteiger partial charge in [-0.1, -0.05) is 0 Å². The molecule has 0 bridgehead atoms. The summed E-state index contributed by atoms with van der Waals surface area (Å²) in [6.07, 6.45) is -0.0428. The standard InChI is InChI=1S/C20H18N2O7/c1-29-14-5-3-13(4-6-14)22-10-12(9-17(22)23)18(24)21-16-8-11(19(25)26)2-7-15(16)20(27)28/h2-8,12H,9-10H2,1H3,(H,21,24)(H,25,26)(H,27,28). The first-order chi connectivity index (χ1) is 13.8. The fourth-order valence-electron chi connectivity index (χ4n) is 3.10. The highest BCUT2D eigenvalue weighted by atomic mass is 16.5. The number of carbonyl (C=O) groups is 4. The Kier molecular flexibility index (Phi) is 5.49. The second-order valence-electron chi connectivity index (χ2n) is 6.46. The molecule has 0 saturated carbocycles. The number of hydrogen-bond donors (Lipinski definition) is 3. The molecule has 2 aromatic rings. The highest BCUT2D eigenvalue weighted by Crippen LogP contribution is 2.28. The molecular formula is C20H18N2O7. The Hall–Kier alpha value is -3.88. The van der Waals surface area contributed by atoms with Crippen molar-refractivity contribution in [2.75, 3.05) is 23.9 Å². The van der Waals surface area contributed by atoms with Gasteiger partial charge in [-0.3, -0.25) is 9.59 Å². The van der Waals surface area contributed by atoms with E-state index in [0.717, 1.165) is 18.2 Å². The van der Waals surface area contributed by atoms with Crippen LogP contribution in [0.2, 0.25) is 0 Å². The van der Waals surface area contributed by atoms with Crippen LogP contribution in [-0.2, 0) is 9.59 Å². The van der Waals surface area contributed by atoms with Gasteiger partial charge in [0.15, 0.2) is 0 Å². The van der Waals surface area contributed by atoms with Crippen LogP contribution in [0, 0.1) is 5.92 Å². The number of aromatic carboxylic acids is 2. The van der Waals surface area contributed by atoms with Gasteiger partial charge >= 0.3 is 11.9 Å². The molecule has 2 aromatic carbocycles. The lowest BCUT2D eigenvalue weighted by Crippen LogP contribution is -2.28. The lowest BCUT2D eigenvalue weighted by Gasteiger charge is -2.17. The van der Waals surface area contributed by atoms with Gasteiger partial charge < -0.3 is 25.2 Å². The van der Waals surface area contributed by atoms with Crippen LogP contribution in [0.4, 0.5) is 11.4 Å². The van der Waals surface area contributed by atoms with Crippen LogP contribution in [-0.4, -0.2) is 47.6 Å². The van der Waals surface area contributed by atoms with Gasteiger partial charge in [0.2, 0.25) is 11.8 Å². The maximum atomic E-state index is 12.6. The lowest BCUT2D eigenvalue weighted by atomic mass is 10.1. The topological polar surface area (TPSA) is 133 Å². The minimum absolute atomic E-state index is 0.0428. The normalized spacial score (nSPS) is 15.8.